The number of carboxylic acids is 3. The molecule has 0 aromatic rings. The molecule has 7 nitrogen and oxygen atoms in total. The maximum absolute atomic E-state index is 11.1. The van der Waals surface area contributed by atoms with Crippen LogP contribution in [0.3, 0.4) is 0 Å². The molecule has 0 atom stereocenters. The predicted octanol–water partition coefficient (Wildman–Crippen LogP) is 4.54. The fourth-order valence-electron chi connectivity index (χ4n) is 4.18. The topological polar surface area (TPSA) is 115 Å². The molecule has 192 valence electrons. The van der Waals surface area contributed by atoms with E-state index < -0.39 is 17.9 Å². The second kappa shape index (κ2) is 20.7. The molecule has 2 N–H and O–H groups in total. The van der Waals surface area contributed by atoms with Crippen LogP contribution in [0.4, 0.5) is 0 Å². The summed E-state index contributed by atoms with van der Waals surface area (Å²) in [6, 6.07) is 0. The molecule has 0 aromatic heterocycles. The first-order chi connectivity index (χ1) is 15.8. The molecule has 0 bridgehead atoms. The monoisotopic (exact) mass is 469 g/mol. The van der Waals surface area contributed by atoms with Gasteiger partial charge in [0.1, 0.15) is 0 Å². The normalized spacial score (nSPS) is 11.8. The van der Waals surface area contributed by atoms with E-state index in [0.717, 1.165) is 25.7 Å². The van der Waals surface area contributed by atoms with E-state index in [9.17, 15) is 19.5 Å². The van der Waals surface area contributed by atoms with Gasteiger partial charge in [-0.1, -0.05) is 70.4 Å². The smallest absolute Gasteiger partial charge is 0.309 e. The van der Waals surface area contributed by atoms with Crippen molar-refractivity contribution < 1.29 is 34.2 Å². The molecule has 0 spiro atoms. The summed E-state index contributed by atoms with van der Waals surface area (Å²) in [7, 11) is 0. The first-order valence-corrected chi connectivity index (χ1v) is 12.9. The van der Waals surface area contributed by atoms with Crippen LogP contribution in [0.2, 0.25) is 0 Å². The predicted molar refractivity (Wildman–Crippen MR) is 129 cm³/mol. The zero-order valence-corrected chi connectivity index (χ0v) is 20.8. The van der Waals surface area contributed by atoms with Crippen LogP contribution < -0.4 is 5.11 Å². The number of rotatable bonds is 24. The molecule has 0 aliphatic heterocycles. The molecular formula is C26H47NO6. The number of allylic oxidation sites excluding steroid dienone is 2. The lowest BCUT2D eigenvalue weighted by molar-refractivity contribution is -0.927. The number of carboxylic acid groups (broad SMARTS) is 3. The average Bonchev–Trinajstić information content (AvgIpc) is 2.76. The van der Waals surface area contributed by atoms with Gasteiger partial charge in [0, 0.05) is 12.4 Å². The summed E-state index contributed by atoms with van der Waals surface area (Å²) in [5.41, 5.74) is 0. The SMILES string of the molecule is CCCCCCCCCCC/C=C/CCCC[N+](CCC(=O)[O-])(CCC(=O)O)CCC(=O)O. The number of quaternary nitrogens is 1. The lowest BCUT2D eigenvalue weighted by atomic mass is 10.1. The maximum atomic E-state index is 11.1. The van der Waals surface area contributed by atoms with E-state index in [2.05, 4.69) is 19.1 Å². The lowest BCUT2D eigenvalue weighted by Gasteiger charge is -2.38. The minimum Gasteiger partial charge on any atom is -0.550 e. The number of nitrogens with zero attached hydrogens (tertiary/aromatic N) is 1. The van der Waals surface area contributed by atoms with Crippen molar-refractivity contribution in [2.24, 2.45) is 0 Å². The van der Waals surface area contributed by atoms with Gasteiger partial charge in [-0.05, 0) is 32.1 Å². The number of carbonyl (C=O) groups is 3. The Morgan fingerprint density at radius 1 is 0.636 bits per heavy atom. The third-order valence-electron chi connectivity index (χ3n) is 6.28. The Balaban J connectivity index is 4.22. The summed E-state index contributed by atoms with van der Waals surface area (Å²) >= 11 is 0. The highest BCUT2D eigenvalue weighted by Crippen LogP contribution is 2.16. The fourth-order valence-corrected chi connectivity index (χ4v) is 4.18. The van der Waals surface area contributed by atoms with Crippen molar-refractivity contribution in [3.8, 4) is 0 Å². The molecule has 0 heterocycles. The second-order valence-corrected chi connectivity index (χ2v) is 9.23. The summed E-state index contributed by atoms with van der Waals surface area (Å²) in [4.78, 5) is 33.1. The van der Waals surface area contributed by atoms with Crippen molar-refractivity contribution >= 4 is 17.9 Å². The van der Waals surface area contributed by atoms with E-state index in [1.807, 2.05) is 0 Å². The molecule has 0 aliphatic rings. The summed E-state index contributed by atoms with van der Waals surface area (Å²) < 4.78 is 0.203. The van der Waals surface area contributed by atoms with Crippen LogP contribution in [-0.2, 0) is 14.4 Å². The highest BCUT2D eigenvalue weighted by Gasteiger charge is 2.28. The van der Waals surface area contributed by atoms with Crippen molar-refractivity contribution in [1.82, 2.24) is 0 Å². The summed E-state index contributed by atoms with van der Waals surface area (Å²) in [5, 5.41) is 29.1. The van der Waals surface area contributed by atoms with Gasteiger partial charge in [0.05, 0.1) is 39.0 Å². The lowest BCUT2D eigenvalue weighted by Crippen LogP contribution is -2.53. The molecule has 0 aliphatic carbocycles. The van der Waals surface area contributed by atoms with Gasteiger partial charge in [0.25, 0.3) is 0 Å². The van der Waals surface area contributed by atoms with Gasteiger partial charge in [0.2, 0.25) is 0 Å². The molecule has 0 saturated heterocycles. The number of unbranched alkanes of at least 4 members (excludes halogenated alkanes) is 11. The van der Waals surface area contributed by atoms with Gasteiger partial charge in [0.15, 0.2) is 0 Å². The maximum Gasteiger partial charge on any atom is 0.309 e. The number of hydrogen-bond donors (Lipinski definition) is 2. The summed E-state index contributed by atoms with van der Waals surface area (Å²) in [5.74, 6) is -3.11. The highest BCUT2D eigenvalue weighted by molar-refractivity contribution is 5.67. The van der Waals surface area contributed by atoms with Gasteiger partial charge in [-0.15, -0.1) is 0 Å². The van der Waals surface area contributed by atoms with Crippen LogP contribution in [0, 0.1) is 0 Å². The molecule has 0 unspecified atom stereocenters. The minimum absolute atomic E-state index is 0.106. The standard InChI is InChI=1S/C26H47NO6/c1-2-3-4-5-6-7-8-9-10-11-12-13-14-15-16-20-27(21-17-24(28)29,22-18-25(30)31)23-19-26(32)33/h12-13H,2-11,14-23H2,1H3,(H2-,28,29,30,31,32,33)/b13-12+. The molecule has 0 saturated carbocycles. The van der Waals surface area contributed by atoms with Crippen LogP contribution in [0.5, 0.6) is 0 Å². The number of carbonyl (C=O) groups excluding carboxylic acids is 1. The van der Waals surface area contributed by atoms with Crippen molar-refractivity contribution in [3.63, 3.8) is 0 Å². The summed E-state index contributed by atoms with van der Waals surface area (Å²) in [6.07, 6.45) is 19.7. The first kappa shape index (κ1) is 31.1. The van der Waals surface area contributed by atoms with E-state index >= 15 is 0 Å². The van der Waals surface area contributed by atoms with E-state index in [0.29, 0.717) is 6.54 Å². The molecule has 0 radical (unpaired) electrons. The number of hydrogen-bond acceptors (Lipinski definition) is 4. The van der Waals surface area contributed by atoms with E-state index in [1.54, 1.807) is 0 Å². The van der Waals surface area contributed by atoms with Crippen molar-refractivity contribution in [2.75, 3.05) is 26.2 Å². The molecule has 0 rings (SSSR count). The van der Waals surface area contributed by atoms with Crippen LogP contribution in [0.1, 0.15) is 110 Å². The van der Waals surface area contributed by atoms with Gasteiger partial charge < -0.3 is 24.6 Å². The Labute approximate surface area is 200 Å². The third kappa shape index (κ3) is 20.4. The minimum atomic E-state index is -1.19. The Bertz CT molecular complexity index is 515. The fraction of sp³-hybridized carbons (Fsp3) is 0.808. The molecule has 7 heteroatoms. The largest absolute Gasteiger partial charge is 0.550 e. The van der Waals surface area contributed by atoms with Gasteiger partial charge in [-0.25, -0.2) is 0 Å². The molecule has 0 amide bonds. The van der Waals surface area contributed by atoms with Crippen molar-refractivity contribution in [3.05, 3.63) is 12.2 Å². The first-order valence-electron chi connectivity index (χ1n) is 12.9. The third-order valence-corrected chi connectivity index (χ3v) is 6.28. The molecular weight excluding hydrogens is 422 g/mol. The highest BCUT2D eigenvalue weighted by atomic mass is 16.4. The van der Waals surface area contributed by atoms with Crippen LogP contribution >= 0.6 is 0 Å². The van der Waals surface area contributed by atoms with Gasteiger partial charge in [-0.2, -0.15) is 0 Å². The van der Waals surface area contributed by atoms with Crippen molar-refractivity contribution in [1.29, 1.82) is 0 Å². The zero-order valence-electron chi connectivity index (χ0n) is 20.8. The molecule has 33 heavy (non-hydrogen) atoms. The van der Waals surface area contributed by atoms with Gasteiger partial charge >= 0.3 is 11.9 Å². The second-order valence-electron chi connectivity index (χ2n) is 9.23. The van der Waals surface area contributed by atoms with E-state index in [4.69, 9.17) is 10.2 Å². The van der Waals surface area contributed by atoms with Crippen LogP contribution in [-0.4, -0.2) is 58.8 Å². The Hall–Kier alpha value is -1.89. The Morgan fingerprint density at radius 2 is 1.06 bits per heavy atom. The molecule has 0 fully saturated rings. The average molecular weight is 470 g/mol. The van der Waals surface area contributed by atoms with Crippen LogP contribution in [0.25, 0.3) is 0 Å². The van der Waals surface area contributed by atoms with E-state index in [-0.39, 0.29) is 43.4 Å². The Kier molecular flexibility index (Phi) is 19.5. The quantitative estimate of drug-likeness (QED) is 0.122. The van der Waals surface area contributed by atoms with Crippen LogP contribution in [0.15, 0.2) is 12.2 Å². The number of aliphatic carboxylic acids is 3. The van der Waals surface area contributed by atoms with Crippen molar-refractivity contribution in [2.45, 2.75) is 110 Å². The van der Waals surface area contributed by atoms with E-state index in [1.165, 1.54) is 57.8 Å². The molecule has 0 aromatic carbocycles. The Morgan fingerprint density at radius 3 is 1.52 bits per heavy atom. The van der Waals surface area contributed by atoms with Gasteiger partial charge in [-0.3, -0.25) is 9.59 Å². The summed E-state index contributed by atoms with van der Waals surface area (Å²) in [6.45, 7) is 3.51. The zero-order chi connectivity index (χ0) is 24.8.